The van der Waals surface area contributed by atoms with Gasteiger partial charge in [0.2, 0.25) is 5.91 Å². The first-order valence-electron chi connectivity index (χ1n) is 8.75. The van der Waals surface area contributed by atoms with Gasteiger partial charge >= 0.3 is 0 Å². The van der Waals surface area contributed by atoms with Gasteiger partial charge in [-0.2, -0.15) is 0 Å². The van der Waals surface area contributed by atoms with Crippen molar-refractivity contribution in [3.05, 3.63) is 29.3 Å². The minimum Gasteiger partial charge on any atom is -0.493 e. The van der Waals surface area contributed by atoms with E-state index in [4.69, 9.17) is 15.2 Å². The van der Waals surface area contributed by atoms with Crippen molar-refractivity contribution >= 4 is 5.91 Å². The lowest BCUT2D eigenvalue weighted by atomic mass is 9.79. The van der Waals surface area contributed by atoms with Gasteiger partial charge in [0.25, 0.3) is 0 Å². The number of hydrogen-bond donors (Lipinski definition) is 2. The lowest BCUT2D eigenvalue weighted by Crippen LogP contribution is -2.49. The molecular weight excluding hydrogens is 304 g/mol. The number of carbonyl (C=O) groups excluding carboxylic acids is 1. The Morgan fingerprint density at radius 3 is 2.71 bits per heavy atom. The molecule has 1 saturated heterocycles. The van der Waals surface area contributed by atoms with Crippen LogP contribution in [0.15, 0.2) is 18.2 Å². The molecule has 5 heteroatoms. The van der Waals surface area contributed by atoms with Gasteiger partial charge in [-0.25, -0.2) is 0 Å². The van der Waals surface area contributed by atoms with Gasteiger partial charge < -0.3 is 20.5 Å². The molecule has 1 heterocycles. The van der Waals surface area contributed by atoms with Crippen molar-refractivity contribution in [1.82, 2.24) is 5.32 Å². The van der Waals surface area contributed by atoms with Crippen LogP contribution in [0.4, 0.5) is 0 Å². The fourth-order valence-electron chi connectivity index (χ4n) is 2.85. The van der Waals surface area contributed by atoms with Crippen molar-refractivity contribution in [1.29, 1.82) is 0 Å². The van der Waals surface area contributed by atoms with Crippen molar-refractivity contribution < 1.29 is 14.3 Å². The molecule has 3 N–H and O–H groups in total. The minimum atomic E-state index is -0.498. The van der Waals surface area contributed by atoms with Crippen LogP contribution in [-0.4, -0.2) is 32.3 Å². The predicted octanol–water partition coefficient (Wildman–Crippen LogP) is 2.40. The van der Waals surface area contributed by atoms with E-state index >= 15 is 0 Å². The summed E-state index contributed by atoms with van der Waals surface area (Å²) in [6, 6.07) is 6.08. The average molecular weight is 334 g/mol. The molecule has 1 fully saturated rings. The van der Waals surface area contributed by atoms with Gasteiger partial charge in [-0.05, 0) is 37.3 Å². The van der Waals surface area contributed by atoms with Crippen LogP contribution in [0.25, 0.3) is 0 Å². The SMILES string of the molecule is Cc1ccc(CNC(=O)C2(CN)CCOCC2)c(OCC(C)C)c1. The molecule has 134 valence electrons. The van der Waals surface area contributed by atoms with E-state index in [1.54, 1.807) is 0 Å². The number of ether oxygens (including phenoxy) is 2. The Labute approximate surface area is 144 Å². The van der Waals surface area contributed by atoms with Gasteiger partial charge in [-0.1, -0.05) is 26.0 Å². The zero-order chi connectivity index (χ0) is 17.6. The third-order valence-corrected chi connectivity index (χ3v) is 4.56. The summed E-state index contributed by atoms with van der Waals surface area (Å²) in [7, 11) is 0. The molecule has 1 aromatic rings. The van der Waals surface area contributed by atoms with Crippen molar-refractivity contribution in [2.24, 2.45) is 17.1 Å². The molecule has 0 spiro atoms. The van der Waals surface area contributed by atoms with E-state index < -0.39 is 5.41 Å². The van der Waals surface area contributed by atoms with Crippen LogP contribution in [0.3, 0.4) is 0 Å². The number of nitrogens with two attached hydrogens (primary N) is 1. The molecule has 0 atom stereocenters. The third kappa shape index (κ3) is 4.71. The van der Waals surface area contributed by atoms with Gasteiger partial charge in [-0.15, -0.1) is 0 Å². The van der Waals surface area contributed by atoms with E-state index in [2.05, 4.69) is 19.2 Å². The van der Waals surface area contributed by atoms with Crippen molar-refractivity contribution in [2.45, 2.75) is 40.2 Å². The van der Waals surface area contributed by atoms with E-state index in [0.29, 0.717) is 51.7 Å². The molecule has 0 unspecified atom stereocenters. The Hall–Kier alpha value is -1.59. The monoisotopic (exact) mass is 334 g/mol. The summed E-state index contributed by atoms with van der Waals surface area (Å²) in [5.74, 6) is 1.32. The highest BCUT2D eigenvalue weighted by molar-refractivity contribution is 5.83. The maximum Gasteiger partial charge on any atom is 0.227 e. The number of nitrogens with one attached hydrogen (secondary N) is 1. The Bertz CT molecular complexity index is 552. The van der Waals surface area contributed by atoms with Gasteiger partial charge in [0.1, 0.15) is 5.75 Å². The Morgan fingerprint density at radius 1 is 1.38 bits per heavy atom. The fourth-order valence-corrected chi connectivity index (χ4v) is 2.85. The molecule has 0 aromatic heterocycles. The maximum atomic E-state index is 12.7. The maximum absolute atomic E-state index is 12.7. The molecule has 0 saturated carbocycles. The third-order valence-electron chi connectivity index (χ3n) is 4.56. The molecule has 2 rings (SSSR count). The molecule has 1 aliphatic rings. The number of rotatable bonds is 7. The smallest absolute Gasteiger partial charge is 0.227 e. The van der Waals surface area contributed by atoms with Gasteiger partial charge in [0.15, 0.2) is 0 Å². The van der Waals surface area contributed by atoms with Crippen molar-refractivity contribution in [2.75, 3.05) is 26.4 Å². The van der Waals surface area contributed by atoms with E-state index in [-0.39, 0.29) is 5.91 Å². The van der Waals surface area contributed by atoms with Crippen LogP contribution in [0, 0.1) is 18.3 Å². The number of carbonyl (C=O) groups is 1. The average Bonchev–Trinajstić information content (AvgIpc) is 2.59. The van der Waals surface area contributed by atoms with Crippen LogP contribution in [0.5, 0.6) is 5.75 Å². The summed E-state index contributed by atoms with van der Waals surface area (Å²) < 4.78 is 11.3. The van der Waals surface area contributed by atoms with E-state index in [1.807, 2.05) is 25.1 Å². The van der Waals surface area contributed by atoms with Crippen molar-refractivity contribution in [3.63, 3.8) is 0 Å². The number of hydrogen-bond acceptors (Lipinski definition) is 4. The second kappa shape index (κ2) is 8.49. The van der Waals surface area contributed by atoms with Crippen molar-refractivity contribution in [3.8, 4) is 5.75 Å². The lowest BCUT2D eigenvalue weighted by Gasteiger charge is -2.34. The van der Waals surface area contributed by atoms with Gasteiger partial charge in [0, 0.05) is 31.9 Å². The minimum absolute atomic E-state index is 0.0173. The van der Waals surface area contributed by atoms with Crippen LogP contribution >= 0.6 is 0 Å². The molecule has 24 heavy (non-hydrogen) atoms. The standard InChI is InChI=1S/C19H30N2O3/c1-14(2)12-24-17-10-15(3)4-5-16(17)11-21-18(22)19(13-20)6-8-23-9-7-19/h4-5,10,14H,6-9,11-13,20H2,1-3H3,(H,21,22). The molecule has 0 aliphatic carbocycles. The summed E-state index contributed by atoms with van der Waals surface area (Å²) in [5.41, 5.74) is 7.54. The zero-order valence-corrected chi connectivity index (χ0v) is 15.1. The lowest BCUT2D eigenvalue weighted by molar-refractivity contribution is -0.136. The first-order chi connectivity index (χ1) is 11.5. The molecule has 1 amide bonds. The highest BCUT2D eigenvalue weighted by Crippen LogP contribution is 2.30. The Balaban J connectivity index is 2.03. The molecule has 0 bridgehead atoms. The number of amides is 1. The van der Waals surface area contributed by atoms with Crippen LogP contribution in [0.1, 0.15) is 37.8 Å². The molecule has 0 radical (unpaired) electrons. The second-order valence-corrected chi connectivity index (χ2v) is 7.10. The molecule has 1 aliphatic heterocycles. The largest absolute Gasteiger partial charge is 0.493 e. The van der Waals surface area contributed by atoms with E-state index in [1.165, 1.54) is 0 Å². The Morgan fingerprint density at radius 2 is 2.08 bits per heavy atom. The van der Waals surface area contributed by atoms with E-state index in [9.17, 15) is 4.79 Å². The normalized spacial score (nSPS) is 16.9. The van der Waals surface area contributed by atoms with E-state index in [0.717, 1.165) is 16.9 Å². The number of aryl methyl sites for hydroxylation is 1. The number of benzene rings is 1. The topological polar surface area (TPSA) is 73.6 Å². The highest BCUT2D eigenvalue weighted by Gasteiger charge is 2.38. The molecule has 1 aromatic carbocycles. The molecular formula is C19H30N2O3. The van der Waals surface area contributed by atoms with Gasteiger partial charge in [0.05, 0.1) is 12.0 Å². The van der Waals surface area contributed by atoms with Crippen LogP contribution < -0.4 is 15.8 Å². The first kappa shape index (κ1) is 18.7. The summed E-state index contributed by atoms with van der Waals surface area (Å²) in [4.78, 5) is 12.7. The Kier molecular flexibility index (Phi) is 6.63. The fraction of sp³-hybridized carbons (Fsp3) is 0.632. The van der Waals surface area contributed by atoms with Crippen LogP contribution in [0.2, 0.25) is 0 Å². The first-order valence-corrected chi connectivity index (χ1v) is 8.75. The predicted molar refractivity (Wildman–Crippen MR) is 94.9 cm³/mol. The summed E-state index contributed by atoms with van der Waals surface area (Å²) in [6.45, 7) is 8.93. The summed E-state index contributed by atoms with van der Waals surface area (Å²) >= 11 is 0. The zero-order valence-electron chi connectivity index (χ0n) is 15.1. The van der Waals surface area contributed by atoms with Gasteiger partial charge in [-0.3, -0.25) is 4.79 Å². The highest BCUT2D eigenvalue weighted by atomic mass is 16.5. The quantitative estimate of drug-likeness (QED) is 0.803. The summed E-state index contributed by atoms with van der Waals surface area (Å²) in [5, 5.41) is 3.05. The van der Waals surface area contributed by atoms with Crippen LogP contribution in [-0.2, 0) is 16.1 Å². The molecule has 5 nitrogen and oxygen atoms in total. The summed E-state index contributed by atoms with van der Waals surface area (Å²) in [6.07, 6.45) is 1.36. The second-order valence-electron chi connectivity index (χ2n) is 7.10.